The van der Waals surface area contributed by atoms with Crippen molar-refractivity contribution in [2.75, 3.05) is 6.61 Å². The summed E-state index contributed by atoms with van der Waals surface area (Å²) in [5.41, 5.74) is 1.69. The number of aliphatic hydroxyl groups is 1. The average molecular weight is 266 g/mol. The Morgan fingerprint density at radius 3 is 2.58 bits per heavy atom. The van der Waals surface area contributed by atoms with E-state index in [1.165, 1.54) is 0 Å². The van der Waals surface area contributed by atoms with Gasteiger partial charge in [0.25, 0.3) is 0 Å². The molecule has 0 radical (unpaired) electrons. The lowest BCUT2D eigenvalue weighted by Crippen LogP contribution is -2.29. The van der Waals surface area contributed by atoms with Gasteiger partial charge in [-0.05, 0) is 38.8 Å². The van der Waals surface area contributed by atoms with Gasteiger partial charge in [-0.3, -0.25) is 0 Å². The molecule has 0 saturated heterocycles. The van der Waals surface area contributed by atoms with Crippen LogP contribution in [-0.2, 0) is 9.53 Å². The highest BCUT2D eigenvalue weighted by atomic mass is 16.6. The second kappa shape index (κ2) is 7.14. The first-order valence-electron chi connectivity index (χ1n) is 6.61. The molecule has 2 atom stereocenters. The molecule has 0 fully saturated rings. The first kappa shape index (κ1) is 15.5. The van der Waals surface area contributed by atoms with E-state index in [9.17, 15) is 9.90 Å². The highest BCUT2D eigenvalue weighted by molar-refractivity contribution is 5.75. The molecule has 0 aliphatic carbocycles. The molecule has 1 N–H and O–H groups in total. The van der Waals surface area contributed by atoms with Gasteiger partial charge in [0.05, 0.1) is 12.7 Å². The summed E-state index contributed by atoms with van der Waals surface area (Å²) in [5, 5.41) is 9.73. The fourth-order valence-electron chi connectivity index (χ4n) is 1.78. The van der Waals surface area contributed by atoms with E-state index in [1.807, 2.05) is 32.0 Å². The van der Waals surface area contributed by atoms with E-state index in [0.717, 1.165) is 5.56 Å². The van der Waals surface area contributed by atoms with Gasteiger partial charge in [0.2, 0.25) is 0 Å². The zero-order valence-corrected chi connectivity index (χ0v) is 12.0. The van der Waals surface area contributed by atoms with E-state index in [-0.39, 0.29) is 5.97 Å². The summed E-state index contributed by atoms with van der Waals surface area (Å²) in [7, 11) is 0. The molecule has 1 aromatic carbocycles. The van der Waals surface area contributed by atoms with E-state index in [0.29, 0.717) is 24.3 Å². The molecule has 19 heavy (non-hydrogen) atoms. The van der Waals surface area contributed by atoms with E-state index in [4.69, 9.17) is 9.47 Å². The van der Waals surface area contributed by atoms with E-state index >= 15 is 0 Å². The molecule has 0 aromatic heterocycles. The van der Waals surface area contributed by atoms with Crippen LogP contribution in [0, 0.1) is 6.92 Å². The monoisotopic (exact) mass is 266 g/mol. The maximum absolute atomic E-state index is 11.7. The van der Waals surface area contributed by atoms with Crippen LogP contribution in [0.2, 0.25) is 0 Å². The van der Waals surface area contributed by atoms with Crippen LogP contribution in [0.25, 0.3) is 0 Å². The van der Waals surface area contributed by atoms with Crippen LogP contribution in [0.5, 0.6) is 5.75 Å². The standard InChI is InChI=1S/C15H22O4/c1-5-13(15(17)18-6-2)19-14-9-10(3)7-8-12(14)11(4)16/h7-9,11,13,16H,5-6H2,1-4H3/t11-,13?/m0/s1. The predicted octanol–water partition coefficient (Wildman–Crippen LogP) is 2.77. The minimum atomic E-state index is -0.643. The van der Waals surface area contributed by atoms with Crippen LogP contribution in [0.3, 0.4) is 0 Å². The average Bonchev–Trinajstić information content (AvgIpc) is 2.35. The molecule has 0 aliphatic heterocycles. The third kappa shape index (κ3) is 4.24. The lowest BCUT2D eigenvalue weighted by atomic mass is 10.1. The van der Waals surface area contributed by atoms with Crippen molar-refractivity contribution < 1.29 is 19.4 Å². The highest BCUT2D eigenvalue weighted by Gasteiger charge is 2.21. The van der Waals surface area contributed by atoms with Crippen LogP contribution >= 0.6 is 0 Å². The summed E-state index contributed by atoms with van der Waals surface area (Å²) < 4.78 is 10.7. The third-order valence-corrected chi connectivity index (χ3v) is 2.81. The molecule has 0 spiro atoms. The molecular weight excluding hydrogens is 244 g/mol. The minimum Gasteiger partial charge on any atom is -0.478 e. The largest absolute Gasteiger partial charge is 0.478 e. The van der Waals surface area contributed by atoms with Crippen LogP contribution in [-0.4, -0.2) is 23.8 Å². The zero-order chi connectivity index (χ0) is 14.4. The van der Waals surface area contributed by atoms with Gasteiger partial charge in [-0.2, -0.15) is 0 Å². The van der Waals surface area contributed by atoms with Crippen molar-refractivity contribution in [1.82, 2.24) is 0 Å². The number of rotatable bonds is 6. The van der Waals surface area contributed by atoms with Crippen LogP contribution in [0.1, 0.15) is 44.4 Å². The number of esters is 1. The van der Waals surface area contributed by atoms with E-state index in [2.05, 4.69) is 0 Å². The van der Waals surface area contributed by atoms with Gasteiger partial charge in [0, 0.05) is 5.56 Å². The summed E-state index contributed by atoms with van der Waals surface area (Å²) in [6.45, 7) is 7.56. The maximum Gasteiger partial charge on any atom is 0.347 e. The molecule has 1 unspecified atom stereocenters. The van der Waals surface area contributed by atoms with Gasteiger partial charge < -0.3 is 14.6 Å². The van der Waals surface area contributed by atoms with Crippen molar-refractivity contribution in [2.24, 2.45) is 0 Å². The number of carbonyl (C=O) groups excluding carboxylic acids is 1. The summed E-state index contributed by atoms with van der Waals surface area (Å²) in [5.74, 6) is 0.165. The number of hydrogen-bond acceptors (Lipinski definition) is 4. The number of hydrogen-bond donors (Lipinski definition) is 1. The van der Waals surface area contributed by atoms with Crippen molar-refractivity contribution >= 4 is 5.97 Å². The van der Waals surface area contributed by atoms with Gasteiger partial charge >= 0.3 is 5.97 Å². The lowest BCUT2D eigenvalue weighted by Gasteiger charge is -2.19. The van der Waals surface area contributed by atoms with Gasteiger partial charge in [-0.1, -0.05) is 19.1 Å². The normalized spacial score (nSPS) is 13.7. The molecule has 1 rings (SSSR count). The topological polar surface area (TPSA) is 55.8 Å². The fraction of sp³-hybridized carbons (Fsp3) is 0.533. The summed E-state index contributed by atoms with van der Waals surface area (Å²) >= 11 is 0. The number of benzene rings is 1. The Hall–Kier alpha value is -1.55. The Labute approximate surface area is 114 Å². The lowest BCUT2D eigenvalue weighted by molar-refractivity contribution is -0.151. The van der Waals surface area contributed by atoms with E-state index < -0.39 is 12.2 Å². The molecule has 0 saturated carbocycles. The highest BCUT2D eigenvalue weighted by Crippen LogP contribution is 2.27. The van der Waals surface area contributed by atoms with E-state index in [1.54, 1.807) is 13.8 Å². The minimum absolute atomic E-state index is 0.329. The Kier molecular flexibility index (Phi) is 5.83. The molecule has 0 amide bonds. The van der Waals surface area contributed by atoms with Crippen molar-refractivity contribution in [3.05, 3.63) is 29.3 Å². The molecule has 106 valence electrons. The predicted molar refractivity (Wildman–Crippen MR) is 73.2 cm³/mol. The number of aryl methyl sites for hydroxylation is 1. The molecule has 0 heterocycles. The Morgan fingerprint density at radius 2 is 2.05 bits per heavy atom. The maximum atomic E-state index is 11.7. The SMILES string of the molecule is CCOC(=O)C(CC)Oc1cc(C)ccc1[C@H](C)O. The molecule has 0 aliphatic rings. The van der Waals surface area contributed by atoms with Crippen molar-refractivity contribution in [3.8, 4) is 5.75 Å². The first-order chi connectivity index (χ1) is 8.99. The van der Waals surface area contributed by atoms with Crippen LogP contribution in [0.4, 0.5) is 0 Å². The smallest absolute Gasteiger partial charge is 0.347 e. The zero-order valence-electron chi connectivity index (χ0n) is 12.0. The molecule has 0 bridgehead atoms. The number of ether oxygens (including phenoxy) is 2. The Balaban J connectivity index is 2.95. The molecule has 1 aromatic rings. The summed E-state index contributed by atoms with van der Waals surface area (Å²) in [4.78, 5) is 11.7. The second-order valence-electron chi connectivity index (χ2n) is 4.48. The summed E-state index contributed by atoms with van der Waals surface area (Å²) in [6.07, 6.45) is -0.763. The molecule has 4 heteroatoms. The quantitative estimate of drug-likeness (QED) is 0.804. The molecular formula is C15H22O4. The fourth-order valence-corrected chi connectivity index (χ4v) is 1.78. The van der Waals surface area contributed by atoms with Crippen LogP contribution < -0.4 is 4.74 Å². The van der Waals surface area contributed by atoms with Gasteiger partial charge in [-0.25, -0.2) is 4.79 Å². The number of carbonyl (C=O) groups is 1. The molecule has 4 nitrogen and oxygen atoms in total. The first-order valence-corrected chi connectivity index (χ1v) is 6.61. The van der Waals surface area contributed by atoms with Crippen molar-refractivity contribution in [1.29, 1.82) is 0 Å². The summed E-state index contributed by atoms with van der Waals surface area (Å²) in [6, 6.07) is 5.54. The Bertz CT molecular complexity index is 426. The van der Waals surface area contributed by atoms with Crippen molar-refractivity contribution in [2.45, 2.75) is 46.3 Å². The van der Waals surface area contributed by atoms with Crippen LogP contribution in [0.15, 0.2) is 18.2 Å². The second-order valence-corrected chi connectivity index (χ2v) is 4.48. The van der Waals surface area contributed by atoms with Crippen molar-refractivity contribution in [3.63, 3.8) is 0 Å². The number of aliphatic hydroxyl groups excluding tert-OH is 1. The Morgan fingerprint density at radius 1 is 1.37 bits per heavy atom. The van der Waals surface area contributed by atoms with Gasteiger partial charge in [0.1, 0.15) is 5.75 Å². The van der Waals surface area contributed by atoms with Gasteiger partial charge in [-0.15, -0.1) is 0 Å². The third-order valence-electron chi connectivity index (χ3n) is 2.81. The van der Waals surface area contributed by atoms with Gasteiger partial charge in [0.15, 0.2) is 6.10 Å².